The zero-order chi connectivity index (χ0) is 64.9. The molecule has 4 aromatic heterocycles. The van der Waals surface area contributed by atoms with Gasteiger partial charge >= 0.3 is 0 Å². The van der Waals surface area contributed by atoms with Crippen LogP contribution in [0.1, 0.15) is 134 Å². The quantitative estimate of drug-likeness (QED) is 0.0383. The number of nitrogens with two attached hydrogens (primary N) is 1. The van der Waals surface area contributed by atoms with Crippen LogP contribution in [0, 0.1) is 11.3 Å². The summed E-state index contributed by atoms with van der Waals surface area (Å²) in [6.45, 7) is 6.42. The molecule has 92 heavy (non-hydrogen) atoms. The van der Waals surface area contributed by atoms with Crippen LogP contribution in [0.4, 0.5) is 0 Å². The van der Waals surface area contributed by atoms with Crippen LogP contribution in [0.5, 0.6) is 46.0 Å². The number of nitrogens with zero attached hydrogens (tertiary/aromatic N) is 7. The molecule has 0 aliphatic carbocycles. The summed E-state index contributed by atoms with van der Waals surface area (Å²) in [4.78, 5) is 21.2. The molecule has 10 rings (SSSR count). The molecule has 0 amide bonds. The van der Waals surface area contributed by atoms with E-state index >= 15 is 0 Å². The first-order chi connectivity index (χ1) is 45.0. The number of aromatic nitrogens is 6. The maximum atomic E-state index is 8.98. The first kappa shape index (κ1) is 67.3. The Kier molecular flexibility index (Phi) is 24.4. The van der Waals surface area contributed by atoms with Crippen molar-refractivity contribution in [1.82, 2.24) is 29.1 Å². The number of methoxy groups -OCH3 is 8. The molecule has 10 aromatic rings. The van der Waals surface area contributed by atoms with Gasteiger partial charge in [-0.3, -0.25) is 9.97 Å². The van der Waals surface area contributed by atoms with E-state index in [9.17, 15) is 0 Å². The van der Waals surface area contributed by atoms with E-state index in [4.69, 9.17) is 68.8 Å². The molecule has 484 valence electrons. The van der Waals surface area contributed by atoms with Crippen LogP contribution in [0.3, 0.4) is 0 Å². The third-order valence-corrected chi connectivity index (χ3v) is 17.4. The average molecular weight is 1250 g/mol. The summed E-state index contributed by atoms with van der Waals surface area (Å²) in [7, 11) is 13.5. The zero-order valence-electron chi connectivity index (χ0n) is 55.7. The molecule has 16 heteroatoms. The van der Waals surface area contributed by atoms with Crippen molar-refractivity contribution in [1.29, 1.82) is 5.26 Å². The van der Waals surface area contributed by atoms with Crippen LogP contribution in [-0.4, -0.2) is 92.5 Å². The van der Waals surface area contributed by atoms with E-state index in [2.05, 4.69) is 89.7 Å². The van der Waals surface area contributed by atoms with Crippen molar-refractivity contribution in [3.05, 3.63) is 166 Å². The average Bonchev–Trinajstić information content (AvgIpc) is 1.57. The van der Waals surface area contributed by atoms with Crippen LogP contribution in [-0.2, 0) is 64.5 Å². The summed E-state index contributed by atoms with van der Waals surface area (Å²) in [5, 5.41) is 11.2. The van der Waals surface area contributed by atoms with E-state index in [1.165, 1.54) is 11.1 Å². The maximum Gasteiger partial charge on any atom is 0.127 e. The van der Waals surface area contributed by atoms with E-state index < -0.39 is 0 Å². The molecule has 0 radical (unpaired) electrons. The Morgan fingerprint density at radius 1 is 0.391 bits per heavy atom. The summed E-state index contributed by atoms with van der Waals surface area (Å²) in [6.07, 6.45) is 16.7. The topological polar surface area (TPSA) is 185 Å². The zero-order valence-corrected chi connectivity index (χ0v) is 55.7. The van der Waals surface area contributed by atoms with Crippen LogP contribution in [0.15, 0.2) is 109 Å². The van der Waals surface area contributed by atoms with Gasteiger partial charge in [-0.1, -0.05) is 69.5 Å². The Balaban J connectivity index is 0.000000217. The molecule has 0 bridgehead atoms. The first-order valence-electron chi connectivity index (χ1n) is 32.6. The highest BCUT2D eigenvalue weighted by molar-refractivity contribution is 6.05. The fourth-order valence-electron chi connectivity index (χ4n) is 12.2. The molecule has 4 heterocycles. The van der Waals surface area contributed by atoms with E-state index in [1.807, 2.05) is 48.5 Å². The smallest absolute Gasteiger partial charge is 0.127 e. The summed E-state index contributed by atoms with van der Waals surface area (Å²) in [5.74, 6) is 8.39. The number of rotatable bonds is 33. The lowest BCUT2D eigenvalue weighted by molar-refractivity contribution is 0.390. The lowest BCUT2D eigenvalue weighted by Gasteiger charge is -2.15. The lowest BCUT2D eigenvalue weighted by Crippen LogP contribution is -2.07. The molecule has 0 fully saturated rings. The minimum atomic E-state index is 0.583. The summed E-state index contributed by atoms with van der Waals surface area (Å²) >= 11 is 0. The van der Waals surface area contributed by atoms with Gasteiger partial charge in [0.1, 0.15) is 68.7 Å². The molecular weight excluding hydrogens is 1150 g/mol. The van der Waals surface area contributed by atoms with Crippen LogP contribution in [0.2, 0.25) is 0 Å². The van der Waals surface area contributed by atoms with Crippen molar-refractivity contribution in [2.24, 2.45) is 5.73 Å². The molecule has 0 aliphatic heterocycles. The molecule has 0 unspecified atom stereocenters. The maximum absolute atomic E-state index is 8.98. The van der Waals surface area contributed by atoms with Gasteiger partial charge in [0.25, 0.3) is 0 Å². The van der Waals surface area contributed by atoms with E-state index in [1.54, 1.807) is 56.9 Å². The molecule has 0 saturated carbocycles. The predicted octanol–water partition coefficient (Wildman–Crippen LogP) is 15.5. The summed E-state index contributed by atoms with van der Waals surface area (Å²) in [5.41, 5.74) is 20.7. The molecule has 16 nitrogen and oxygen atoms in total. The van der Waals surface area contributed by atoms with Crippen LogP contribution in [0.25, 0.3) is 43.9 Å². The number of imidazole rings is 2. The van der Waals surface area contributed by atoms with Gasteiger partial charge in [0.05, 0.1) is 109 Å². The number of hydrogen-bond donors (Lipinski definition) is 1. The van der Waals surface area contributed by atoms with Crippen molar-refractivity contribution in [2.75, 3.05) is 63.4 Å². The number of fused-ring (bicyclic) bond motifs is 6. The van der Waals surface area contributed by atoms with Crippen LogP contribution < -0.4 is 43.6 Å². The Bertz CT molecular complexity index is 4130. The second-order valence-corrected chi connectivity index (χ2v) is 23.3. The van der Waals surface area contributed by atoms with Crippen molar-refractivity contribution >= 4 is 43.9 Å². The fraction of sp³-hybridized carbons (Fsp3) is 0.408. The lowest BCUT2D eigenvalue weighted by atomic mass is 10.0. The third kappa shape index (κ3) is 16.1. The Labute approximate surface area is 542 Å². The number of pyridine rings is 2. The molecule has 0 aliphatic rings. The SMILES string of the molecule is CCCCc1nc2c(CCc3ccc(OC)cc3OC)nc3cc(CCCCC#N)ccc3c2n1Cc1ccc(OC)cc1OC.CCCCc1nc2c(CCc3ccc(OC)cc3OC)nc3cc(CCCCCN)ccc3c2n1Cc1ccc(OC)cc1OC. The summed E-state index contributed by atoms with van der Waals surface area (Å²) < 4.78 is 49.6. The van der Waals surface area contributed by atoms with Gasteiger partial charge in [-0.15, -0.1) is 0 Å². The van der Waals surface area contributed by atoms with Crippen molar-refractivity contribution in [3.8, 4) is 52.1 Å². The van der Waals surface area contributed by atoms with Crippen molar-refractivity contribution in [2.45, 2.75) is 143 Å². The van der Waals surface area contributed by atoms with Gasteiger partial charge in [0, 0.05) is 65.4 Å². The van der Waals surface area contributed by atoms with Gasteiger partial charge < -0.3 is 52.8 Å². The van der Waals surface area contributed by atoms with Gasteiger partial charge in [0.2, 0.25) is 0 Å². The number of aryl methyl sites for hydroxylation is 8. The highest BCUT2D eigenvalue weighted by Crippen LogP contribution is 2.37. The number of ether oxygens (including phenoxy) is 8. The van der Waals surface area contributed by atoms with Crippen LogP contribution >= 0.6 is 0 Å². The van der Waals surface area contributed by atoms with E-state index in [0.29, 0.717) is 25.9 Å². The van der Waals surface area contributed by atoms with Gasteiger partial charge in [-0.05, 0) is 154 Å². The Morgan fingerprint density at radius 3 is 1.15 bits per heavy atom. The molecule has 0 atom stereocenters. The molecule has 2 N–H and O–H groups in total. The minimum absolute atomic E-state index is 0.583. The number of nitriles is 1. The van der Waals surface area contributed by atoms with Crippen molar-refractivity contribution in [3.63, 3.8) is 0 Å². The highest BCUT2D eigenvalue weighted by Gasteiger charge is 2.24. The second kappa shape index (κ2) is 33.3. The van der Waals surface area contributed by atoms with E-state index in [-0.39, 0.29) is 0 Å². The molecular formula is C76H92N8O8. The van der Waals surface area contributed by atoms with E-state index in [0.717, 1.165) is 244 Å². The Hall–Kier alpha value is -9.07. The second-order valence-electron chi connectivity index (χ2n) is 23.3. The number of hydrogen-bond acceptors (Lipinski definition) is 14. The first-order valence-corrected chi connectivity index (χ1v) is 32.6. The Morgan fingerprint density at radius 2 is 0.783 bits per heavy atom. The van der Waals surface area contributed by atoms with Gasteiger partial charge in [0.15, 0.2) is 0 Å². The monoisotopic (exact) mass is 1240 g/mol. The standard InChI is InChI=1S/C38H48N4O4.C38H44N4O4/c2*1-6-7-12-36-41-37-32(20-16-27-14-17-29(43-2)23-34(27)45-4)40-33-22-26(11-9-8-10-21-39)13-19-31(33)38(37)42(36)25-28-15-18-30(44-3)24-35(28)46-5/h13-15,17-19,22-24H,6-12,16,20-21,25,39H2,1-5H3;13-15,17-19,22-24H,6-12,16,20,25H2,1-5H3. The number of benzene rings is 6. The molecule has 6 aromatic carbocycles. The summed E-state index contributed by atoms with van der Waals surface area (Å²) in [6, 6.07) is 39.6. The molecule has 0 spiro atoms. The van der Waals surface area contributed by atoms with Gasteiger partial charge in [-0.25, -0.2) is 9.97 Å². The third-order valence-electron chi connectivity index (χ3n) is 17.4. The number of unbranched alkanes of at least 4 members (excludes halogenated alkanes) is 6. The largest absolute Gasteiger partial charge is 0.497 e. The fourth-order valence-corrected chi connectivity index (χ4v) is 12.2. The normalized spacial score (nSPS) is 11.2. The van der Waals surface area contributed by atoms with Crippen molar-refractivity contribution < 1.29 is 37.9 Å². The molecule has 0 saturated heterocycles. The minimum Gasteiger partial charge on any atom is -0.497 e. The van der Waals surface area contributed by atoms with Gasteiger partial charge in [-0.2, -0.15) is 5.26 Å². The predicted molar refractivity (Wildman–Crippen MR) is 368 cm³/mol. The highest BCUT2D eigenvalue weighted by atomic mass is 16.5.